The summed E-state index contributed by atoms with van der Waals surface area (Å²) in [5.41, 5.74) is -0.529. The van der Waals surface area contributed by atoms with E-state index in [1.807, 2.05) is 30.4 Å². The van der Waals surface area contributed by atoms with E-state index in [4.69, 9.17) is 9.47 Å². The van der Waals surface area contributed by atoms with E-state index in [0.29, 0.717) is 38.8 Å². The molecule has 53 heavy (non-hydrogen) atoms. The van der Waals surface area contributed by atoms with Gasteiger partial charge in [0.25, 0.3) is 5.91 Å². The van der Waals surface area contributed by atoms with Crippen LogP contribution in [0.4, 0.5) is 9.59 Å². The van der Waals surface area contributed by atoms with Crippen molar-refractivity contribution in [1.82, 2.24) is 25.2 Å². The van der Waals surface area contributed by atoms with Crippen molar-refractivity contribution in [2.24, 2.45) is 5.92 Å². The van der Waals surface area contributed by atoms with E-state index in [1.165, 1.54) is 4.90 Å². The predicted octanol–water partition coefficient (Wildman–Crippen LogP) is 3.78. The standard InChI is InChI=1S/C38H53N5O9S/c1-36(2,3)52-34(47)39-29-16-10-8-6-7-9-14-25-20-38(25,33(46)41-53(49,50)27-17-18-27)40-31(44)30-19-26(22-43(30)32(29)45)51-35(48)42-21-24-13-11-12-15-28(24)37(4,5)23-42/h9,11-15,25-27,29-30H,6-8,10,16-23H2,1-5H3,(H,39,47)(H,40,44)(H,41,46)/b14-9-/t25-,26+,29-,30-,38+/m0/s1. The van der Waals surface area contributed by atoms with Crippen LogP contribution in [0, 0.1) is 5.92 Å². The molecule has 14 nitrogen and oxygen atoms in total. The van der Waals surface area contributed by atoms with Crippen LogP contribution in [0.5, 0.6) is 0 Å². The number of benzene rings is 1. The molecular weight excluding hydrogens is 703 g/mol. The zero-order chi connectivity index (χ0) is 38.3. The molecule has 3 N–H and O–H groups in total. The molecule has 1 aromatic carbocycles. The predicted molar refractivity (Wildman–Crippen MR) is 195 cm³/mol. The molecule has 0 unspecified atom stereocenters. The summed E-state index contributed by atoms with van der Waals surface area (Å²) in [5, 5.41) is 4.90. The summed E-state index contributed by atoms with van der Waals surface area (Å²) in [5.74, 6) is -2.48. The van der Waals surface area contributed by atoms with E-state index in [9.17, 15) is 32.4 Å². The van der Waals surface area contributed by atoms with Gasteiger partial charge < -0.3 is 29.9 Å². The van der Waals surface area contributed by atoms with Crippen LogP contribution < -0.4 is 15.4 Å². The first-order valence-electron chi connectivity index (χ1n) is 18.8. The minimum absolute atomic E-state index is 0.0606. The number of carbonyl (C=O) groups excluding carboxylic acids is 5. The van der Waals surface area contributed by atoms with Gasteiger partial charge in [-0.25, -0.2) is 18.0 Å². The van der Waals surface area contributed by atoms with Crippen molar-refractivity contribution in [2.75, 3.05) is 13.1 Å². The largest absolute Gasteiger partial charge is 0.444 e. The number of nitrogens with zero attached hydrogens (tertiary/aromatic N) is 2. The van der Waals surface area contributed by atoms with Crippen molar-refractivity contribution in [1.29, 1.82) is 0 Å². The SMILES string of the molecule is CC(C)(C)OC(=O)N[C@H]1CCCCC/C=C\[C@H]2C[C@@]2(C(=O)NS(=O)(=O)C2CC2)NC(=O)[C@@H]2C[C@@H](OC(=O)N3Cc4ccccc4C(C)(C)C3)CN2C1=O. The first-order chi connectivity index (χ1) is 24.9. The van der Waals surface area contributed by atoms with Crippen molar-refractivity contribution >= 4 is 39.9 Å². The minimum atomic E-state index is -3.90. The monoisotopic (exact) mass is 755 g/mol. The third kappa shape index (κ3) is 8.81. The highest BCUT2D eigenvalue weighted by atomic mass is 32.2. The van der Waals surface area contributed by atoms with Gasteiger partial charge >= 0.3 is 12.2 Å². The Balaban J connectivity index is 1.26. The Bertz CT molecular complexity index is 1770. The molecule has 3 fully saturated rings. The fraction of sp³-hybridized carbons (Fsp3) is 0.658. The van der Waals surface area contributed by atoms with E-state index in [1.54, 1.807) is 25.7 Å². The maximum Gasteiger partial charge on any atom is 0.410 e. The summed E-state index contributed by atoms with van der Waals surface area (Å²) in [4.78, 5) is 71.9. The van der Waals surface area contributed by atoms with Gasteiger partial charge in [0.15, 0.2) is 0 Å². The molecule has 1 aromatic rings. The number of hydrogen-bond acceptors (Lipinski definition) is 9. The molecule has 2 aliphatic carbocycles. The summed E-state index contributed by atoms with van der Waals surface area (Å²) < 4.78 is 39.3. The molecule has 5 aliphatic rings. The van der Waals surface area contributed by atoms with Gasteiger partial charge in [-0.3, -0.25) is 19.1 Å². The van der Waals surface area contributed by atoms with E-state index in [-0.39, 0.29) is 31.2 Å². The van der Waals surface area contributed by atoms with Crippen LogP contribution in [-0.2, 0) is 45.8 Å². The number of sulfonamides is 1. The molecular formula is C38H53N5O9S. The molecule has 0 spiro atoms. The Morgan fingerprint density at radius 1 is 1.02 bits per heavy atom. The molecule has 3 heterocycles. The lowest BCUT2D eigenvalue weighted by atomic mass is 9.78. The molecule has 5 atom stereocenters. The van der Waals surface area contributed by atoms with Crippen LogP contribution in [0.15, 0.2) is 36.4 Å². The summed E-state index contributed by atoms with van der Waals surface area (Å²) in [7, 11) is -3.90. The van der Waals surface area contributed by atoms with Crippen LogP contribution >= 0.6 is 0 Å². The third-order valence-corrected chi connectivity index (χ3v) is 12.6. The second kappa shape index (κ2) is 14.6. The second-order valence-corrected chi connectivity index (χ2v) is 18.8. The molecule has 3 aliphatic heterocycles. The van der Waals surface area contributed by atoms with Gasteiger partial charge in [-0.2, -0.15) is 0 Å². The lowest BCUT2D eigenvalue weighted by molar-refractivity contribution is -0.141. The van der Waals surface area contributed by atoms with Crippen molar-refractivity contribution in [2.45, 2.75) is 139 Å². The number of nitrogens with one attached hydrogen (secondary N) is 3. The molecule has 15 heteroatoms. The summed E-state index contributed by atoms with van der Waals surface area (Å²) in [6.45, 7) is 9.88. The van der Waals surface area contributed by atoms with Gasteiger partial charge in [0.05, 0.1) is 11.8 Å². The van der Waals surface area contributed by atoms with Crippen LogP contribution in [0.25, 0.3) is 0 Å². The number of carbonyl (C=O) groups is 5. The average Bonchev–Trinajstić information content (AvgIpc) is 3.99. The maximum absolute atomic E-state index is 14.4. The third-order valence-electron chi connectivity index (χ3n) is 10.8. The summed E-state index contributed by atoms with van der Waals surface area (Å²) in [6.07, 6.45) is 5.69. The van der Waals surface area contributed by atoms with Gasteiger partial charge in [-0.15, -0.1) is 0 Å². The molecule has 1 saturated heterocycles. The normalized spacial score (nSPS) is 29.5. The van der Waals surface area contributed by atoms with Crippen molar-refractivity contribution in [3.8, 4) is 0 Å². The lowest BCUT2D eigenvalue weighted by Gasteiger charge is -2.39. The Labute approximate surface area is 311 Å². The molecule has 0 bridgehead atoms. The van der Waals surface area contributed by atoms with Gasteiger partial charge in [0, 0.05) is 30.8 Å². The number of rotatable bonds is 5. The number of fused-ring (bicyclic) bond motifs is 3. The molecule has 0 aromatic heterocycles. The fourth-order valence-corrected chi connectivity index (χ4v) is 9.15. The smallest absolute Gasteiger partial charge is 0.410 e. The highest BCUT2D eigenvalue weighted by molar-refractivity contribution is 7.91. The Morgan fingerprint density at radius 3 is 2.47 bits per heavy atom. The number of allylic oxidation sites excluding steroid dienone is 1. The zero-order valence-corrected chi connectivity index (χ0v) is 32.1. The molecule has 5 amide bonds. The number of hydrogen-bond donors (Lipinski definition) is 3. The van der Waals surface area contributed by atoms with Crippen LogP contribution in [0.3, 0.4) is 0 Å². The number of amides is 5. The fourth-order valence-electron chi connectivity index (χ4n) is 7.79. The highest BCUT2D eigenvalue weighted by Crippen LogP contribution is 2.46. The quantitative estimate of drug-likeness (QED) is 0.377. The van der Waals surface area contributed by atoms with E-state index in [0.717, 1.165) is 24.0 Å². The average molecular weight is 756 g/mol. The van der Waals surface area contributed by atoms with Gasteiger partial charge in [0.1, 0.15) is 29.3 Å². The first-order valence-corrected chi connectivity index (χ1v) is 20.3. The summed E-state index contributed by atoms with van der Waals surface area (Å²) >= 11 is 0. The highest BCUT2D eigenvalue weighted by Gasteiger charge is 2.62. The topological polar surface area (TPSA) is 181 Å². The molecule has 0 radical (unpaired) electrons. The maximum atomic E-state index is 14.4. The Hall–Kier alpha value is -4.14. The van der Waals surface area contributed by atoms with E-state index in [2.05, 4.69) is 35.3 Å². The van der Waals surface area contributed by atoms with Gasteiger partial charge in [-0.05, 0) is 70.4 Å². The van der Waals surface area contributed by atoms with E-state index < -0.39 is 80.4 Å². The summed E-state index contributed by atoms with van der Waals surface area (Å²) in [6, 6.07) is 5.71. The van der Waals surface area contributed by atoms with Gasteiger partial charge in [-0.1, -0.05) is 63.1 Å². The van der Waals surface area contributed by atoms with Gasteiger partial charge in [0.2, 0.25) is 21.8 Å². The molecule has 2 saturated carbocycles. The molecule has 6 rings (SSSR count). The van der Waals surface area contributed by atoms with E-state index >= 15 is 0 Å². The first kappa shape index (κ1) is 38.6. The Morgan fingerprint density at radius 2 is 1.75 bits per heavy atom. The van der Waals surface area contributed by atoms with Crippen LogP contribution in [-0.4, -0.2) is 95.8 Å². The Kier molecular flexibility index (Phi) is 10.6. The van der Waals surface area contributed by atoms with Crippen molar-refractivity contribution in [3.63, 3.8) is 0 Å². The van der Waals surface area contributed by atoms with Crippen LogP contribution in [0.2, 0.25) is 0 Å². The zero-order valence-electron chi connectivity index (χ0n) is 31.3. The number of ether oxygens (including phenoxy) is 2. The number of alkyl carbamates (subject to hydrolysis) is 1. The van der Waals surface area contributed by atoms with Crippen molar-refractivity contribution in [3.05, 3.63) is 47.5 Å². The lowest BCUT2D eigenvalue weighted by Crippen LogP contribution is -2.58. The van der Waals surface area contributed by atoms with Crippen LogP contribution in [0.1, 0.15) is 104 Å². The second-order valence-electron chi connectivity index (χ2n) is 16.9. The minimum Gasteiger partial charge on any atom is -0.444 e. The molecule has 290 valence electrons. The van der Waals surface area contributed by atoms with Crippen molar-refractivity contribution < 1.29 is 41.9 Å².